The molecule has 2 amide bonds. The van der Waals surface area contributed by atoms with E-state index in [0.29, 0.717) is 28.9 Å². The fourth-order valence-electron chi connectivity index (χ4n) is 3.51. The Morgan fingerprint density at radius 1 is 1.31 bits per heavy atom. The van der Waals surface area contributed by atoms with Crippen LogP contribution in [-0.4, -0.2) is 38.4 Å². The van der Waals surface area contributed by atoms with Gasteiger partial charge in [0.15, 0.2) is 6.29 Å². The molecule has 1 aliphatic heterocycles. The molecule has 150 valence electrons. The van der Waals surface area contributed by atoms with Gasteiger partial charge < -0.3 is 15.6 Å². The highest BCUT2D eigenvalue weighted by Gasteiger charge is 2.29. The quantitative estimate of drug-likeness (QED) is 0.389. The average molecular weight is 394 g/mol. The summed E-state index contributed by atoms with van der Waals surface area (Å²) < 4.78 is 1.48. The number of ketones is 1. The summed E-state index contributed by atoms with van der Waals surface area (Å²) in [5, 5.41) is 13.8. The van der Waals surface area contributed by atoms with Crippen LogP contribution in [0.15, 0.2) is 36.5 Å². The summed E-state index contributed by atoms with van der Waals surface area (Å²) in [5.74, 6) is -1.19. The number of para-hydroxylation sites is 1. The lowest BCUT2D eigenvalue weighted by Gasteiger charge is -2.31. The highest BCUT2D eigenvalue weighted by Crippen LogP contribution is 2.21. The van der Waals surface area contributed by atoms with Crippen LogP contribution in [-0.2, 0) is 9.59 Å². The summed E-state index contributed by atoms with van der Waals surface area (Å²) in [6.07, 6.45) is 2.09. The van der Waals surface area contributed by atoms with Crippen molar-refractivity contribution in [1.82, 2.24) is 25.4 Å². The largest absolute Gasteiger partial charge is 0.360 e. The van der Waals surface area contributed by atoms with E-state index in [-0.39, 0.29) is 11.9 Å². The molecule has 0 bridgehead atoms. The summed E-state index contributed by atoms with van der Waals surface area (Å²) >= 11 is 0. The van der Waals surface area contributed by atoms with Gasteiger partial charge in [0, 0.05) is 35.6 Å². The van der Waals surface area contributed by atoms with Gasteiger partial charge in [0.1, 0.15) is 5.82 Å². The number of aryl methyl sites for hydroxylation is 1. The van der Waals surface area contributed by atoms with Crippen LogP contribution in [0.1, 0.15) is 42.1 Å². The van der Waals surface area contributed by atoms with E-state index in [1.54, 1.807) is 19.1 Å². The third-order valence-electron chi connectivity index (χ3n) is 5.00. The number of nitrogens with one attached hydrogen (secondary N) is 4. The summed E-state index contributed by atoms with van der Waals surface area (Å²) in [6, 6.07) is 8.95. The predicted octanol–water partition coefficient (Wildman–Crippen LogP) is 1.84. The number of hydrogen-bond acceptors (Lipinski definition) is 5. The van der Waals surface area contributed by atoms with E-state index in [2.05, 4.69) is 26.0 Å². The van der Waals surface area contributed by atoms with Crippen molar-refractivity contribution in [2.75, 3.05) is 5.32 Å². The standard InChI is InChI=1S/C20H22N6O3/c1-3-12-9-17(27)24-20(22-12)26-16(8-11(2)25-26)23-19(29)18(28)14-10-21-15-7-5-4-6-13(14)15/h4-8,10,12,20-22H,3,9H2,1-2H3,(H,23,29)(H,24,27). The second-order valence-electron chi connectivity index (χ2n) is 7.09. The zero-order valence-corrected chi connectivity index (χ0v) is 16.2. The highest BCUT2D eigenvalue weighted by molar-refractivity contribution is 6.48. The molecule has 1 aromatic carbocycles. The van der Waals surface area contributed by atoms with Gasteiger partial charge in [-0.05, 0) is 19.4 Å². The predicted molar refractivity (Wildman–Crippen MR) is 107 cm³/mol. The minimum Gasteiger partial charge on any atom is -0.360 e. The van der Waals surface area contributed by atoms with Crippen molar-refractivity contribution in [3.05, 3.63) is 47.8 Å². The van der Waals surface area contributed by atoms with E-state index in [9.17, 15) is 14.4 Å². The zero-order valence-electron chi connectivity index (χ0n) is 16.2. The summed E-state index contributed by atoms with van der Waals surface area (Å²) in [4.78, 5) is 40.4. The molecule has 9 heteroatoms. The van der Waals surface area contributed by atoms with Crippen molar-refractivity contribution < 1.29 is 14.4 Å². The van der Waals surface area contributed by atoms with Gasteiger partial charge in [-0.25, -0.2) is 4.68 Å². The summed E-state index contributed by atoms with van der Waals surface area (Å²) in [6.45, 7) is 3.76. The SMILES string of the molecule is CCC1CC(=O)NC(n2nc(C)cc2NC(=O)C(=O)c2c[nH]c3ccccc23)N1. The molecule has 0 spiro atoms. The maximum Gasteiger partial charge on any atom is 0.297 e. The average Bonchev–Trinajstić information content (AvgIpc) is 3.30. The van der Waals surface area contributed by atoms with E-state index in [4.69, 9.17) is 0 Å². The van der Waals surface area contributed by atoms with E-state index >= 15 is 0 Å². The Balaban J connectivity index is 1.57. The molecule has 4 rings (SSSR count). The van der Waals surface area contributed by atoms with Crippen molar-refractivity contribution in [2.24, 2.45) is 0 Å². The number of anilines is 1. The first kappa shape index (κ1) is 18.9. The van der Waals surface area contributed by atoms with Gasteiger partial charge in [0.25, 0.3) is 11.7 Å². The first-order valence-corrected chi connectivity index (χ1v) is 9.49. The van der Waals surface area contributed by atoms with Crippen molar-refractivity contribution in [3.63, 3.8) is 0 Å². The third-order valence-corrected chi connectivity index (χ3v) is 5.00. The number of rotatable bonds is 5. The lowest BCUT2D eigenvalue weighted by atomic mass is 10.1. The molecule has 29 heavy (non-hydrogen) atoms. The second-order valence-corrected chi connectivity index (χ2v) is 7.09. The fourth-order valence-corrected chi connectivity index (χ4v) is 3.51. The Labute approximate surface area is 166 Å². The maximum atomic E-state index is 12.7. The van der Waals surface area contributed by atoms with E-state index in [1.807, 2.05) is 25.1 Å². The van der Waals surface area contributed by atoms with Crippen LogP contribution in [0.5, 0.6) is 0 Å². The van der Waals surface area contributed by atoms with Crippen LogP contribution in [0.3, 0.4) is 0 Å². The summed E-state index contributed by atoms with van der Waals surface area (Å²) in [5.41, 5.74) is 1.73. The normalized spacial score (nSPS) is 19.2. The third kappa shape index (κ3) is 3.64. The number of aromatic nitrogens is 3. The number of carbonyl (C=O) groups excluding carboxylic acids is 3. The van der Waals surface area contributed by atoms with Crippen molar-refractivity contribution in [3.8, 4) is 0 Å². The number of aromatic amines is 1. The Kier molecular flexibility index (Phi) is 4.89. The highest BCUT2D eigenvalue weighted by atomic mass is 16.2. The van der Waals surface area contributed by atoms with E-state index < -0.39 is 18.0 Å². The molecule has 3 aromatic rings. The minimum absolute atomic E-state index is 0.00894. The van der Waals surface area contributed by atoms with Gasteiger partial charge in [-0.15, -0.1) is 0 Å². The molecule has 1 fully saturated rings. The molecule has 1 saturated heterocycles. The lowest BCUT2D eigenvalue weighted by Crippen LogP contribution is -2.53. The molecule has 1 aliphatic rings. The van der Waals surface area contributed by atoms with Crippen molar-refractivity contribution in [1.29, 1.82) is 0 Å². The maximum absolute atomic E-state index is 12.7. The number of benzene rings is 1. The molecule has 2 atom stereocenters. The Hall–Kier alpha value is -3.46. The van der Waals surface area contributed by atoms with Crippen LogP contribution < -0.4 is 16.0 Å². The molecule has 2 aromatic heterocycles. The Morgan fingerprint density at radius 2 is 2.10 bits per heavy atom. The van der Waals surface area contributed by atoms with Crippen LogP contribution >= 0.6 is 0 Å². The minimum atomic E-state index is -0.773. The number of H-pyrrole nitrogens is 1. The van der Waals surface area contributed by atoms with Gasteiger partial charge in [-0.2, -0.15) is 5.10 Å². The van der Waals surface area contributed by atoms with E-state index in [0.717, 1.165) is 11.9 Å². The molecule has 4 N–H and O–H groups in total. The summed E-state index contributed by atoms with van der Waals surface area (Å²) in [7, 11) is 0. The number of fused-ring (bicyclic) bond motifs is 1. The molecule has 9 nitrogen and oxygen atoms in total. The first-order valence-electron chi connectivity index (χ1n) is 9.49. The smallest absolute Gasteiger partial charge is 0.297 e. The molecule has 0 aliphatic carbocycles. The topological polar surface area (TPSA) is 121 Å². The van der Waals surface area contributed by atoms with Gasteiger partial charge >= 0.3 is 0 Å². The Bertz CT molecular complexity index is 1100. The van der Waals surface area contributed by atoms with Crippen LogP contribution in [0.4, 0.5) is 5.82 Å². The monoisotopic (exact) mass is 394 g/mol. The molecule has 3 heterocycles. The van der Waals surface area contributed by atoms with Crippen LogP contribution in [0, 0.1) is 6.92 Å². The second kappa shape index (κ2) is 7.51. The van der Waals surface area contributed by atoms with Gasteiger partial charge in [0.2, 0.25) is 5.91 Å². The number of amides is 2. The van der Waals surface area contributed by atoms with Crippen molar-refractivity contribution >= 4 is 34.3 Å². The lowest BCUT2D eigenvalue weighted by molar-refractivity contribution is -0.125. The van der Waals surface area contributed by atoms with Crippen LogP contribution in [0.25, 0.3) is 10.9 Å². The van der Waals surface area contributed by atoms with Gasteiger partial charge in [-0.1, -0.05) is 25.1 Å². The Morgan fingerprint density at radius 3 is 2.90 bits per heavy atom. The molecule has 0 radical (unpaired) electrons. The molecular weight excluding hydrogens is 372 g/mol. The molecular formula is C20H22N6O3. The number of carbonyl (C=O) groups is 3. The van der Waals surface area contributed by atoms with E-state index in [1.165, 1.54) is 10.9 Å². The van der Waals surface area contributed by atoms with Crippen LogP contribution in [0.2, 0.25) is 0 Å². The first-order chi connectivity index (χ1) is 14.0. The van der Waals surface area contributed by atoms with Gasteiger partial charge in [-0.3, -0.25) is 19.7 Å². The number of nitrogens with zero attached hydrogens (tertiary/aromatic N) is 2. The molecule has 2 unspecified atom stereocenters. The number of Topliss-reactive ketones (excluding diaryl/α,β-unsaturated/α-hetero) is 1. The zero-order chi connectivity index (χ0) is 20.5. The fraction of sp³-hybridized carbons (Fsp3) is 0.300. The van der Waals surface area contributed by atoms with Gasteiger partial charge in [0.05, 0.1) is 11.3 Å². The van der Waals surface area contributed by atoms with Crippen molar-refractivity contribution in [2.45, 2.75) is 39.0 Å². The number of hydrogen-bond donors (Lipinski definition) is 4. The molecule has 0 saturated carbocycles.